The average Bonchev–Trinajstić information content (AvgIpc) is 3.14. The summed E-state index contributed by atoms with van der Waals surface area (Å²) >= 11 is 0. The number of hydrogen-bond donors (Lipinski definition) is 2. The molecule has 2 amide bonds. The van der Waals surface area contributed by atoms with Gasteiger partial charge in [0.15, 0.2) is 0 Å². The summed E-state index contributed by atoms with van der Waals surface area (Å²) in [6.07, 6.45) is 3.07. The van der Waals surface area contributed by atoms with Crippen LogP contribution >= 0.6 is 0 Å². The lowest BCUT2D eigenvalue weighted by atomic mass is 9.95. The molecule has 1 aliphatic rings. The van der Waals surface area contributed by atoms with Crippen molar-refractivity contribution in [2.24, 2.45) is 5.92 Å². The number of piperidine rings is 1. The predicted molar refractivity (Wildman–Crippen MR) is 106 cm³/mol. The van der Waals surface area contributed by atoms with Crippen molar-refractivity contribution in [1.82, 2.24) is 9.88 Å². The lowest BCUT2D eigenvalue weighted by Gasteiger charge is -2.31. The molecule has 0 bridgehead atoms. The molecule has 2 N–H and O–H groups in total. The Balaban J connectivity index is 1.34. The third-order valence-corrected chi connectivity index (χ3v) is 5.45. The van der Waals surface area contributed by atoms with Crippen LogP contribution in [0, 0.1) is 17.6 Å². The summed E-state index contributed by atoms with van der Waals surface area (Å²) in [6, 6.07) is 11.3. The number of carbonyl (C=O) groups is 2. The maximum Gasteiger partial charge on any atom is 0.227 e. The molecule has 2 aromatic carbocycles. The molecule has 0 unspecified atom stereocenters. The van der Waals surface area contributed by atoms with Crippen molar-refractivity contribution in [2.75, 3.05) is 18.4 Å². The van der Waals surface area contributed by atoms with E-state index in [2.05, 4.69) is 10.3 Å². The van der Waals surface area contributed by atoms with Gasteiger partial charge >= 0.3 is 0 Å². The number of hydrogen-bond acceptors (Lipinski definition) is 2. The molecule has 0 saturated carbocycles. The zero-order valence-corrected chi connectivity index (χ0v) is 15.8. The van der Waals surface area contributed by atoms with Crippen LogP contribution in [0.2, 0.25) is 0 Å². The molecule has 0 atom stereocenters. The second kappa shape index (κ2) is 8.03. The van der Waals surface area contributed by atoms with E-state index in [1.54, 1.807) is 4.90 Å². The first-order chi connectivity index (χ1) is 14.0. The van der Waals surface area contributed by atoms with Crippen LogP contribution in [0.3, 0.4) is 0 Å². The number of anilines is 1. The van der Waals surface area contributed by atoms with Crippen LogP contribution in [0.1, 0.15) is 18.4 Å². The van der Waals surface area contributed by atoms with E-state index in [1.807, 2.05) is 30.5 Å². The normalized spacial score (nSPS) is 14.9. The summed E-state index contributed by atoms with van der Waals surface area (Å²) in [5.41, 5.74) is 1.52. The van der Waals surface area contributed by atoms with Gasteiger partial charge in [-0.25, -0.2) is 8.78 Å². The summed E-state index contributed by atoms with van der Waals surface area (Å²) in [6.45, 7) is 0.887. The molecule has 0 aliphatic carbocycles. The Labute approximate surface area is 166 Å². The summed E-state index contributed by atoms with van der Waals surface area (Å²) in [5.74, 6) is -2.40. The van der Waals surface area contributed by atoms with E-state index in [0.29, 0.717) is 32.4 Å². The third-order valence-electron chi connectivity index (χ3n) is 5.45. The highest BCUT2D eigenvalue weighted by Crippen LogP contribution is 2.24. The van der Waals surface area contributed by atoms with E-state index in [0.717, 1.165) is 28.6 Å². The molecule has 1 fully saturated rings. The minimum Gasteiger partial charge on any atom is -0.361 e. The summed E-state index contributed by atoms with van der Waals surface area (Å²) in [5, 5.41) is 3.38. The summed E-state index contributed by atoms with van der Waals surface area (Å²) in [4.78, 5) is 30.0. The maximum atomic E-state index is 13.7. The largest absolute Gasteiger partial charge is 0.361 e. The Morgan fingerprint density at radius 3 is 2.45 bits per heavy atom. The number of fused-ring (bicyclic) bond motifs is 1. The Morgan fingerprint density at radius 2 is 1.72 bits per heavy atom. The molecule has 150 valence electrons. The van der Waals surface area contributed by atoms with Crippen LogP contribution in [0.4, 0.5) is 14.5 Å². The fourth-order valence-electron chi connectivity index (χ4n) is 3.79. The van der Waals surface area contributed by atoms with Crippen molar-refractivity contribution in [2.45, 2.75) is 19.3 Å². The number of H-pyrrole nitrogens is 1. The van der Waals surface area contributed by atoms with Gasteiger partial charge in [-0.2, -0.15) is 0 Å². The standard InChI is InChI=1S/C22H21F2N3O2/c23-17-5-3-6-18(24)21(17)26-22(29)14-8-10-27(11-9-14)20(28)12-15-13-25-19-7-2-1-4-16(15)19/h1-7,13-14,25H,8-12H2,(H,26,29). The quantitative estimate of drug-likeness (QED) is 0.702. The minimum absolute atomic E-state index is 0.00811. The minimum atomic E-state index is -0.801. The molecule has 0 radical (unpaired) electrons. The van der Waals surface area contributed by atoms with E-state index in [4.69, 9.17) is 0 Å². The van der Waals surface area contributed by atoms with Gasteiger partial charge in [-0.1, -0.05) is 24.3 Å². The first-order valence-electron chi connectivity index (χ1n) is 9.60. The first kappa shape index (κ1) is 19.1. The highest BCUT2D eigenvalue weighted by molar-refractivity contribution is 5.93. The van der Waals surface area contributed by atoms with Crippen LogP contribution in [-0.4, -0.2) is 34.8 Å². The first-order valence-corrected chi connectivity index (χ1v) is 9.60. The predicted octanol–water partition coefficient (Wildman–Crippen LogP) is 3.87. The lowest BCUT2D eigenvalue weighted by Crippen LogP contribution is -2.42. The number of para-hydroxylation sites is 2. The van der Waals surface area contributed by atoms with Crippen LogP contribution in [-0.2, 0) is 16.0 Å². The van der Waals surface area contributed by atoms with Crippen molar-refractivity contribution < 1.29 is 18.4 Å². The molecule has 0 spiro atoms. The Hall–Kier alpha value is -3.22. The van der Waals surface area contributed by atoms with E-state index in [1.165, 1.54) is 6.07 Å². The van der Waals surface area contributed by atoms with Gasteiger partial charge < -0.3 is 15.2 Å². The van der Waals surface area contributed by atoms with Gasteiger partial charge in [0.2, 0.25) is 11.8 Å². The van der Waals surface area contributed by atoms with Gasteiger partial charge in [0, 0.05) is 36.1 Å². The molecule has 29 heavy (non-hydrogen) atoms. The zero-order chi connectivity index (χ0) is 20.4. The number of likely N-dealkylation sites (tertiary alicyclic amines) is 1. The number of aromatic nitrogens is 1. The van der Waals surface area contributed by atoms with Crippen LogP contribution in [0.15, 0.2) is 48.7 Å². The topological polar surface area (TPSA) is 65.2 Å². The molecule has 7 heteroatoms. The molecule has 1 aromatic heterocycles. The number of halogens is 2. The highest BCUT2D eigenvalue weighted by Gasteiger charge is 2.28. The van der Waals surface area contributed by atoms with Gasteiger partial charge in [0.25, 0.3) is 0 Å². The maximum absolute atomic E-state index is 13.7. The van der Waals surface area contributed by atoms with Gasteiger partial charge in [-0.05, 0) is 36.6 Å². The number of aromatic amines is 1. The number of nitrogens with one attached hydrogen (secondary N) is 2. The number of benzene rings is 2. The fourth-order valence-corrected chi connectivity index (χ4v) is 3.79. The smallest absolute Gasteiger partial charge is 0.227 e. The SMILES string of the molecule is O=C(Nc1c(F)cccc1F)C1CCN(C(=O)Cc2c[nH]c3ccccc23)CC1. The second-order valence-corrected chi connectivity index (χ2v) is 7.28. The van der Waals surface area contributed by atoms with E-state index in [-0.39, 0.29) is 11.8 Å². The van der Waals surface area contributed by atoms with Crippen molar-refractivity contribution in [3.8, 4) is 0 Å². The molecule has 3 aromatic rings. The second-order valence-electron chi connectivity index (χ2n) is 7.28. The number of amides is 2. The van der Waals surface area contributed by atoms with E-state index < -0.39 is 23.2 Å². The molecule has 5 nitrogen and oxygen atoms in total. The monoisotopic (exact) mass is 397 g/mol. The summed E-state index contributed by atoms with van der Waals surface area (Å²) in [7, 11) is 0. The summed E-state index contributed by atoms with van der Waals surface area (Å²) < 4.78 is 27.5. The molecular weight excluding hydrogens is 376 g/mol. The molecule has 1 aliphatic heterocycles. The van der Waals surface area contributed by atoms with Crippen LogP contribution in [0.25, 0.3) is 10.9 Å². The van der Waals surface area contributed by atoms with E-state index in [9.17, 15) is 18.4 Å². The van der Waals surface area contributed by atoms with E-state index >= 15 is 0 Å². The number of rotatable bonds is 4. The number of carbonyl (C=O) groups excluding carboxylic acids is 2. The van der Waals surface area contributed by atoms with Crippen LogP contribution < -0.4 is 5.32 Å². The van der Waals surface area contributed by atoms with Crippen molar-refractivity contribution in [1.29, 1.82) is 0 Å². The zero-order valence-electron chi connectivity index (χ0n) is 15.8. The van der Waals surface area contributed by atoms with Crippen molar-refractivity contribution >= 4 is 28.4 Å². The van der Waals surface area contributed by atoms with Crippen molar-refractivity contribution in [3.63, 3.8) is 0 Å². The Bertz CT molecular complexity index is 1030. The van der Waals surface area contributed by atoms with Crippen LogP contribution in [0.5, 0.6) is 0 Å². The Kier molecular flexibility index (Phi) is 5.29. The van der Waals surface area contributed by atoms with Gasteiger partial charge in [-0.15, -0.1) is 0 Å². The molecule has 2 heterocycles. The molecule has 4 rings (SSSR count). The number of nitrogens with zero attached hydrogens (tertiary/aromatic N) is 1. The van der Waals surface area contributed by atoms with Gasteiger partial charge in [0.1, 0.15) is 17.3 Å². The lowest BCUT2D eigenvalue weighted by molar-refractivity contribution is -0.133. The Morgan fingerprint density at radius 1 is 1.03 bits per heavy atom. The third kappa shape index (κ3) is 3.99. The average molecular weight is 397 g/mol. The molecule has 1 saturated heterocycles. The highest BCUT2D eigenvalue weighted by atomic mass is 19.1. The van der Waals surface area contributed by atoms with Gasteiger partial charge in [-0.3, -0.25) is 9.59 Å². The fraction of sp³-hybridized carbons (Fsp3) is 0.273. The molecular formula is C22H21F2N3O2. The van der Waals surface area contributed by atoms with Crippen molar-refractivity contribution in [3.05, 3.63) is 65.9 Å². The van der Waals surface area contributed by atoms with Gasteiger partial charge in [0.05, 0.1) is 6.42 Å².